The number of ether oxygens (including phenoxy) is 1. The summed E-state index contributed by atoms with van der Waals surface area (Å²) >= 11 is 6.02. The predicted octanol–water partition coefficient (Wildman–Crippen LogP) is 4.28. The summed E-state index contributed by atoms with van der Waals surface area (Å²) in [6, 6.07) is 15.1. The van der Waals surface area contributed by atoms with Crippen LogP contribution in [0.4, 0.5) is 0 Å². The molecule has 0 aliphatic carbocycles. The molecule has 3 rings (SSSR count). The monoisotopic (exact) mass is 300 g/mol. The van der Waals surface area contributed by atoms with Crippen molar-refractivity contribution in [2.45, 2.75) is 13.5 Å². The maximum atomic E-state index is 6.02. The van der Waals surface area contributed by atoms with Gasteiger partial charge in [0.25, 0.3) is 5.89 Å². The zero-order chi connectivity index (χ0) is 14.7. The SMILES string of the molecule is Cc1ccccc1-c1noc(COc2ccccc2Cl)n1. The summed E-state index contributed by atoms with van der Waals surface area (Å²) in [5.41, 5.74) is 2.04. The fourth-order valence-corrected chi connectivity index (χ4v) is 2.14. The highest BCUT2D eigenvalue weighted by Gasteiger charge is 2.11. The number of benzene rings is 2. The minimum Gasteiger partial charge on any atom is -0.482 e. The van der Waals surface area contributed by atoms with E-state index in [0.717, 1.165) is 11.1 Å². The number of nitrogens with zero attached hydrogens (tertiary/aromatic N) is 2. The Kier molecular flexibility index (Phi) is 3.88. The van der Waals surface area contributed by atoms with Crippen molar-refractivity contribution < 1.29 is 9.26 Å². The van der Waals surface area contributed by atoms with Gasteiger partial charge in [0.05, 0.1) is 5.02 Å². The van der Waals surface area contributed by atoms with Crippen molar-refractivity contribution >= 4 is 11.6 Å². The van der Waals surface area contributed by atoms with E-state index < -0.39 is 0 Å². The molecule has 0 bridgehead atoms. The summed E-state index contributed by atoms with van der Waals surface area (Å²) in [7, 11) is 0. The molecule has 0 radical (unpaired) electrons. The van der Waals surface area contributed by atoms with E-state index in [2.05, 4.69) is 10.1 Å². The molecule has 5 heteroatoms. The van der Waals surface area contributed by atoms with E-state index in [1.54, 1.807) is 12.1 Å². The van der Waals surface area contributed by atoms with Crippen LogP contribution in [0.15, 0.2) is 53.1 Å². The quantitative estimate of drug-likeness (QED) is 0.721. The number of rotatable bonds is 4. The second-order valence-corrected chi connectivity index (χ2v) is 4.95. The van der Waals surface area contributed by atoms with Gasteiger partial charge in [-0.05, 0) is 24.6 Å². The number of hydrogen-bond donors (Lipinski definition) is 0. The summed E-state index contributed by atoms with van der Waals surface area (Å²) < 4.78 is 10.8. The van der Waals surface area contributed by atoms with Crippen LogP contribution >= 0.6 is 11.6 Å². The molecule has 0 saturated heterocycles. The fourth-order valence-electron chi connectivity index (χ4n) is 1.95. The molecule has 21 heavy (non-hydrogen) atoms. The van der Waals surface area contributed by atoms with Gasteiger partial charge in [-0.25, -0.2) is 0 Å². The number of aryl methyl sites for hydroxylation is 1. The summed E-state index contributed by atoms with van der Waals surface area (Å²) in [5, 5.41) is 4.53. The molecular weight excluding hydrogens is 288 g/mol. The topological polar surface area (TPSA) is 48.2 Å². The van der Waals surface area contributed by atoms with Gasteiger partial charge in [-0.15, -0.1) is 0 Å². The van der Waals surface area contributed by atoms with Crippen LogP contribution in [-0.2, 0) is 6.61 Å². The molecule has 3 aromatic rings. The lowest BCUT2D eigenvalue weighted by Gasteiger charge is -2.04. The van der Waals surface area contributed by atoms with Crippen molar-refractivity contribution in [3.63, 3.8) is 0 Å². The van der Waals surface area contributed by atoms with Crippen LogP contribution in [0.25, 0.3) is 11.4 Å². The maximum Gasteiger partial charge on any atom is 0.264 e. The Morgan fingerprint density at radius 1 is 1.10 bits per heavy atom. The van der Waals surface area contributed by atoms with E-state index in [4.69, 9.17) is 20.9 Å². The Labute approximate surface area is 127 Å². The van der Waals surface area contributed by atoms with Crippen LogP contribution in [0.1, 0.15) is 11.5 Å². The third-order valence-electron chi connectivity index (χ3n) is 3.04. The zero-order valence-corrected chi connectivity index (χ0v) is 12.2. The molecule has 1 aromatic heterocycles. The van der Waals surface area contributed by atoms with Gasteiger partial charge in [0, 0.05) is 5.56 Å². The second-order valence-electron chi connectivity index (χ2n) is 4.55. The number of halogens is 1. The number of aromatic nitrogens is 2. The van der Waals surface area contributed by atoms with Crippen LogP contribution in [0, 0.1) is 6.92 Å². The smallest absolute Gasteiger partial charge is 0.264 e. The van der Waals surface area contributed by atoms with E-state index >= 15 is 0 Å². The predicted molar refractivity (Wildman–Crippen MR) is 80.3 cm³/mol. The standard InChI is InChI=1S/C16H13ClN2O2/c1-11-6-2-3-7-12(11)16-18-15(21-19-16)10-20-14-9-5-4-8-13(14)17/h2-9H,10H2,1H3. The average Bonchev–Trinajstić information content (AvgIpc) is 2.96. The van der Waals surface area contributed by atoms with E-state index in [1.807, 2.05) is 43.3 Å². The third kappa shape index (κ3) is 3.06. The van der Waals surface area contributed by atoms with Crippen molar-refractivity contribution in [3.05, 3.63) is 65.0 Å². The first-order chi connectivity index (χ1) is 10.2. The molecule has 0 aliphatic rings. The Morgan fingerprint density at radius 3 is 2.67 bits per heavy atom. The Bertz CT molecular complexity index is 755. The van der Waals surface area contributed by atoms with Gasteiger partial charge >= 0.3 is 0 Å². The minimum atomic E-state index is 0.183. The molecule has 0 atom stereocenters. The van der Waals surface area contributed by atoms with E-state index in [1.165, 1.54) is 0 Å². The molecule has 0 unspecified atom stereocenters. The second kappa shape index (κ2) is 5.97. The van der Waals surface area contributed by atoms with Gasteiger partial charge < -0.3 is 9.26 Å². The highest BCUT2D eigenvalue weighted by atomic mass is 35.5. The molecule has 0 aliphatic heterocycles. The first-order valence-electron chi connectivity index (χ1n) is 6.50. The van der Waals surface area contributed by atoms with Crippen LogP contribution in [-0.4, -0.2) is 10.1 Å². The van der Waals surface area contributed by atoms with Crippen LogP contribution < -0.4 is 4.74 Å². The van der Waals surface area contributed by atoms with E-state index in [-0.39, 0.29) is 6.61 Å². The zero-order valence-electron chi connectivity index (χ0n) is 11.4. The molecule has 0 spiro atoms. The average molecular weight is 301 g/mol. The molecule has 0 N–H and O–H groups in total. The van der Waals surface area contributed by atoms with Gasteiger partial charge in [-0.2, -0.15) is 4.98 Å². The summed E-state index contributed by atoms with van der Waals surface area (Å²) in [6.45, 7) is 2.19. The maximum absolute atomic E-state index is 6.02. The lowest BCUT2D eigenvalue weighted by molar-refractivity contribution is 0.243. The largest absolute Gasteiger partial charge is 0.482 e. The molecule has 106 valence electrons. The summed E-state index contributed by atoms with van der Waals surface area (Å²) in [4.78, 5) is 4.34. The van der Waals surface area contributed by atoms with Crippen molar-refractivity contribution in [1.82, 2.24) is 10.1 Å². The molecular formula is C16H13ClN2O2. The van der Waals surface area contributed by atoms with Gasteiger partial charge in [-0.3, -0.25) is 0 Å². The Balaban J connectivity index is 1.74. The van der Waals surface area contributed by atoms with Crippen LogP contribution in [0.2, 0.25) is 5.02 Å². The van der Waals surface area contributed by atoms with Gasteiger partial charge in [0.2, 0.25) is 5.82 Å². The Morgan fingerprint density at radius 2 is 1.86 bits per heavy atom. The van der Waals surface area contributed by atoms with Crippen LogP contribution in [0.5, 0.6) is 5.75 Å². The molecule has 4 nitrogen and oxygen atoms in total. The fraction of sp³-hybridized carbons (Fsp3) is 0.125. The van der Waals surface area contributed by atoms with Gasteiger partial charge in [-0.1, -0.05) is 53.2 Å². The van der Waals surface area contributed by atoms with Crippen molar-refractivity contribution in [2.75, 3.05) is 0 Å². The number of hydrogen-bond acceptors (Lipinski definition) is 4. The minimum absolute atomic E-state index is 0.183. The summed E-state index contributed by atoms with van der Waals surface area (Å²) in [6.07, 6.45) is 0. The molecule has 1 heterocycles. The van der Waals surface area contributed by atoms with E-state index in [0.29, 0.717) is 22.5 Å². The van der Waals surface area contributed by atoms with Gasteiger partial charge in [0.15, 0.2) is 6.61 Å². The normalized spacial score (nSPS) is 10.6. The molecule has 0 fully saturated rings. The summed E-state index contributed by atoms with van der Waals surface area (Å²) in [5.74, 6) is 1.56. The molecule has 0 saturated carbocycles. The number of para-hydroxylation sites is 1. The van der Waals surface area contributed by atoms with Crippen molar-refractivity contribution in [1.29, 1.82) is 0 Å². The van der Waals surface area contributed by atoms with Crippen LogP contribution in [0.3, 0.4) is 0 Å². The molecule has 0 amide bonds. The third-order valence-corrected chi connectivity index (χ3v) is 3.35. The highest BCUT2D eigenvalue weighted by molar-refractivity contribution is 6.32. The first kappa shape index (κ1) is 13.6. The van der Waals surface area contributed by atoms with E-state index in [9.17, 15) is 0 Å². The highest BCUT2D eigenvalue weighted by Crippen LogP contribution is 2.24. The first-order valence-corrected chi connectivity index (χ1v) is 6.88. The van der Waals surface area contributed by atoms with Crippen molar-refractivity contribution in [3.8, 4) is 17.1 Å². The molecule has 2 aromatic carbocycles. The Hall–Kier alpha value is -2.33. The lowest BCUT2D eigenvalue weighted by Crippen LogP contribution is -1.96. The van der Waals surface area contributed by atoms with Crippen molar-refractivity contribution in [2.24, 2.45) is 0 Å². The van der Waals surface area contributed by atoms with Gasteiger partial charge in [0.1, 0.15) is 5.75 Å². The lowest BCUT2D eigenvalue weighted by atomic mass is 10.1.